The topological polar surface area (TPSA) is 87.7 Å². The highest BCUT2D eigenvalue weighted by atomic mass is 32.2. The Labute approximate surface area is 182 Å². The predicted octanol–water partition coefficient (Wildman–Crippen LogP) is 3.22. The number of nitrogens with zero attached hydrogens (tertiary/aromatic N) is 3. The van der Waals surface area contributed by atoms with Gasteiger partial charge in [0.15, 0.2) is 5.78 Å². The Bertz CT molecular complexity index is 1160. The average molecular weight is 462 g/mol. The summed E-state index contributed by atoms with van der Waals surface area (Å²) >= 11 is 2.92. The van der Waals surface area contributed by atoms with Gasteiger partial charge in [-0.3, -0.25) is 9.59 Å². The summed E-state index contributed by atoms with van der Waals surface area (Å²) in [6, 6.07) is 9.84. The molecule has 1 aliphatic heterocycles. The van der Waals surface area contributed by atoms with Gasteiger partial charge in [0.1, 0.15) is 9.88 Å². The van der Waals surface area contributed by atoms with Gasteiger partial charge < -0.3 is 4.90 Å². The van der Waals surface area contributed by atoms with E-state index in [0.29, 0.717) is 23.5 Å². The molecule has 4 rings (SSSR count). The van der Waals surface area contributed by atoms with Gasteiger partial charge in [-0.1, -0.05) is 18.2 Å². The summed E-state index contributed by atoms with van der Waals surface area (Å²) in [6.07, 6.45) is 1.59. The molecule has 0 radical (unpaired) electrons. The van der Waals surface area contributed by atoms with Gasteiger partial charge in [0.2, 0.25) is 10.0 Å². The third kappa shape index (κ3) is 4.08. The Kier molecular flexibility index (Phi) is 5.83. The van der Waals surface area contributed by atoms with E-state index in [1.807, 2.05) is 17.5 Å². The molecule has 0 N–H and O–H groups in total. The highest BCUT2D eigenvalue weighted by Gasteiger charge is 2.31. The number of thiophene rings is 1. The molecular weight excluding hydrogens is 442 g/mol. The molecule has 0 saturated carbocycles. The molecule has 3 aromatic rings. The number of thiazole rings is 1. The second-order valence-corrected chi connectivity index (χ2v) is 10.7. The minimum absolute atomic E-state index is 0.114. The number of Topliss-reactive ketones (excluding diaryl/α,β-unsaturated/α-hetero) is 1. The molecule has 2 aromatic heterocycles. The second kappa shape index (κ2) is 8.38. The highest BCUT2D eigenvalue weighted by molar-refractivity contribution is 7.89. The Morgan fingerprint density at radius 1 is 1.03 bits per heavy atom. The van der Waals surface area contributed by atoms with E-state index in [1.165, 1.54) is 46.8 Å². The molecular formula is C20H19N3O4S3. The first kappa shape index (κ1) is 20.9. The van der Waals surface area contributed by atoms with E-state index in [1.54, 1.807) is 22.4 Å². The van der Waals surface area contributed by atoms with Crippen LogP contribution >= 0.6 is 22.7 Å². The van der Waals surface area contributed by atoms with Gasteiger partial charge in [-0.2, -0.15) is 4.31 Å². The van der Waals surface area contributed by atoms with Crippen LogP contribution in [0.3, 0.4) is 0 Å². The Morgan fingerprint density at radius 3 is 2.33 bits per heavy atom. The van der Waals surface area contributed by atoms with Crippen LogP contribution in [0.15, 0.2) is 52.9 Å². The van der Waals surface area contributed by atoms with E-state index in [-0.39, 0.29) is 29.7 Å². The van der Waals surface area contributed by atoms with Crippen LogP contribution in [0.4, 0.5) is 0 Å². The summed E-state index contributed by atoms with van der Waals surface area (Å²) in [5.41, 5.74) is 0.468. The summed E-state index contributed by atoms with van der Waals surface area (Å²) in [6.45, 7) is 2.51. The molecule has 7 nitrogen and oxygen atoms in total. The first-order chi connectivity index (χ1) is 14.4. The number of hydrogen-bond donors (Lipinski definition) is 0. The SMILES string of the molecule is CC(=O)c1ccc(S(=O)(=O)N2CCN(C(=O)c3cnc(-c4cccs4)s3)CC2)cc1. The van der Waals surface area contributed by atoms with Gasteiger partial charge in [0, 0.05) is 31.7 Å². The quantitative estimate of drug-likeness (QED) is 0.545. The van der Waals surface area contributed by atoms with Crippen LogP contribution in [-0.2, 0) is 10.0 Å². The maximum Gasteiger partial charge on any atom is 0.265 e. The van der Waals surface area contributed by atoms with Gasteiger partial charge >= 0.3 is 0 Å². The summed E-state index contributed by atoms with van der Waals surface area (Å²) < 4.78 is 27.1. The molecule has 0 unspecified atom stereocenters. The van der Waals surface area contributed by atoms with Crippen molar-refractivity contribution in [2.45, 2.75) is 11.8 Å². The van der Waals surface area contributed by atoms with E-state index in [4.69, 9.17) is 0 Å². The first-order valence-electron chi connectivity index (χ1n) is 9.26. The maximum absolute atomic E-state index is 12.9. The lowest BCUT2D eigenvalue weighted by Gasteiger charge is -2.33. The lowest BCUT2D eigenvalue weighted by Crippen LogP contribution is -2.50. The van der Waals surface area contributed by atoms with E-state index in [0.717, 1.165) is 9.88 Å². The standard InChI is InChI=1S/C20H19N3O4S3/c1-14(24)15-4-6-16(7-5-15)30(26,27)23-10-8-22(9-11-23)20(25)18-13-21-19(29-18)17-3-2-12-28-17/h2-7,12-13H,8-11H2,1H3. The number of carbonyl (C=O) groups is 2. The lowest BCUT2D eigenvalue weighted by molar-refractivity contribution is 0.0702. The molecule has 1 aliphatic rings. The normalized spacial score (nSPS) is 15.3. The van der Waals surface area contributed by atoms with Crippen LogP contribution in [0.25, 0.3) is 9.88 Å². The molecule has 1 amide bonds. The molecule has 30 heavy (non-hydrogen) atoms. The summed E-state index contributed by atoms with van der Waals surface area (Å²) in [7, 11) is -3.67. The minimum atomic E-state index is -3.67. The minimum Gasteiger partial charge on any atom is -0.335 e. The van der Waals surface area contributed by atoms with E-state index < -0.39 is 10.0 Å². The van der Waals surface area contributed by atoms with Crippen molar-refractivity contribution in [3.8, 4) is 9.88 Å². The number of rotatable bonds is 5. The largest absolute Gasteiger partial charge is 0.335 e. The number of sulfonamides is 1. The predicted molar refractivity (Wildman–Crippen MR) is 117 cm³/mol. The molecule has 0 aliphatic carbocycles. The zero-order valence-corrected chi connectivity index (χ0v) is 18.6. The Hall–Kier alpha value is -2.40. The van der Waals surface area contributed by atoms with Crippen molar-refractivity contribution in [3.05, 3.63) is 58.4 Å². The van der Waals surface area contributed by atoms with Gasteiger partial charge in [0.25, 0.3) is 5.91 Å². The fraction of sp³-hybridized carbons (Fsp3) is 0.250. The summed E-state index contributed by atoms with van der Waals surface area (Å²) in [4.78, 5) is 31.9. The maximum atomic E-state index is 12.9. The number of benzene rings is 1. The van der Waals surface area contributed by atoms with Crippen LogP contribution in [0, 0.1) is 0 Å². The van der Waals surface area contributed by atoms with Crippen molar-refractivity contribution < 1.29 is 18.0 Å². The van der Waals surface area contributed by atoms with Crippen molar-refractivity contribution >= 4 is 44.4 Å². The molecule has 1 aromatic carbocycles. The molecule has 1 saturated heterocycles. The fourth-order valence-electron chi connectivity index (χ4n) is 3.19. The van der Waals surface area contributed by atoms with E-state index in [9.17, 15) is 18.0 Å². The number of ketones is 1. The lowest BCUT2D eigenvalue weighted by atomic mass is 10.2. The molecule has 0 bridgehead atoms. The molecule has 0 atom stereocenters. The number of piperazine rings is 1. The molecule has 1 fully saturated rings. The smallest absolute Gasteiger partial charge is 0.265 e. The van der Waals surface area contributed by atoms with Crippen LogP contribution in [-0.4, -0.2) is 60.5 Å². The van der Waals surface area contributed by atoms with Gasteiger partial charge in [-0.15, -0.1) is 22.7 Å². The van der Waals surface area contributed by atoms with Gasteiger partial charge in [-0.05, 0) is 30.5 Å². The fourth-order valence-corrected chi connectivity index (χ4v) is 6.30. The van der Waals surface area contributed by atoms with Crippen molar-refractivity contribution in [2.24, 2.45) is 0 Å². The Morgan fingerprint density at radius 2 is 1.73 bits per heavy atom. The first-order valence-corrected chi connectivity index (χ1v) is 12.4. The average Bonchev–Trinajstić information content (AvgIpc) is 3.45. The molecule has 156 valence electrons. The van der Waals surface area contributed by atoms with Crippen molar-refractivity contribution in [2.75, 3.05) is 26.2 Å². The van der Waals surface area contributed by atoms with Crippen LogP contribution in [0.5, 0.6) is 0 Å². The molecule has 10 heteroatoms. The number of amides is 1. The third-order valence-electron chi connectivity index (χ3n) is 4.87. The highest BCUT2D eigenvalue weighted by Crippen LogP contribution is 2.29. The second-order valence-electron chi connectivity index (χ2n) is 6.78. The van der Waals surface area contributed by atoms with Gasteiger partial charge in [-0.25, -0.2) is 13.4 Å². The number of carbonyl (C=O) groups excluding carboxylic acids is 2. The van der Waals surface area contributed by atoms with E-state index in [2.05, 4.69) is 4.98 Å². The Balaban J connectivity index is 1.42. The summed E-state index contributed by atoms with van der Waals surface area (Å²) in [5.74, 6) is -0.241. The van der Waals surface area contributed by atoms with Crippen molar-refractivity contribution in [1.29, 1.82) is 0 Å². The number of hydrogen-bond acceptors (Lipinski definition) is 7. The van der Waals surface area contributed by atoms with Crippen LogP contribution < -0.4 is 0 Å². The zero-order valence-electron chi connectivity index (χ0n) is 16.1. The van der Waals surface area contributed by atoms with Gasteiger partial charge in [0.05, 0.1) is 16.0 Å². The van der Waals surface area contributed by atoms with Crippen LogP contribution in [0.1, 0.15) is 27.0 Å². The van der Waals surface area contributed by atoms with Crippen molar-refractivity contribution in [1.82, 2.24) is 14.2 Å². The third-order valence-corrected chi connectivity index (χ3v) is 8.81. The van der Waals surface area contributed by atoms with E-state index >= 15 is 0 Å². The molecule has 0 spiro atoms. The molecule has 3 heterocycles. The van der Waals surface area contributed by atoms with Crippen LogP contribution in [0.2, 0.25) is 0 Å². The number of aromatic nitrogens is 1. The summed E-state index contributed by atoms with van der Waals surface area (Å²) in [5, 5.41) is 2.77. The zero-order chi connectivity index (χ0) is 21.3. The van der Waals surface area contributed by atoms with Crippen molar-refractivity contribution in [3.63, 3.8) is 0 Å². The monoisotopic (exact) mass is 461 g/mol.